The van der Waals surface area contributed by atoms with Crippen molar-refractivity contribution in [3.05, 3.63) is 53.6 Å². The summed E-state index contributed by atoms with van der Waals surface area (Å²) >= 11 is 1.31. The van der Waals surface area contributed by atoms with Crippen molar-refractivity contribution in [2.24, 2.45) is 0 Å². The second-order valence-electron chi connectivity index (χ2n) is 6.27. The van der Waals surface area contributed by atoms with Crippen LogP contribution in [0.1, 0.15) is 25.0 Å². The second-order valence-corrected chi connectivity index (χ2v) is 7.58. The lowest BCUT2D eigenvalue weighted by atomic mass is 10.1. The summed E-state index contributed by atoms with van der Waals surface area (Å²) in [4.78, 5) is 12.7. The third kappa shape index (κ3) is 4.33. The minimum absolute atomic E-state index is 0.146. The highest BCUT2D eigenvalue weighted by Crippen LogP contribution is 2.28. The molecule has 0 bridgehead atoms. The number of amides is 1. The molecule has 0 aliphatic rings. The number of nitrogens with zero attached hydrogens (tertiary/aromatic N) is 4. The molecule has 0 radical (unpaired) electrons. The first-order valence-electron chi connectivity index (χ1n) is 9.05. The van der Waals surface area contributed by atoms with Crippen LogP contribution in [0.2, 0.25) is 0 Å². The van der Waals surface area contributed by atoms with Crippen LogP contribution in [0.5, 0.6) is 5.75 Å². The van der Waals surface area contributed by atoms with Crippen molar-refractivity contribution in [1.82, 2.24) is 20.2 Å². The number of nitrogens with one attached hydrogen (secondary N) is 1. The summed E-state index contributed by atoms with van der Waals surface area (Å²) in [6, 6.07) is 13.4. The molecule has 0 aliphatic heterocycles. The molecule has 8 heteroatoms. The predicted molar refractivity (Wildman–Crippen MR) is 110 cm³/mol. The number of hydrogen-bond donors (Lipinski definition) is 1. The Bertz CT molecular complexity index is 973. The van der Waals surface area contributed by atoms with Gasteiger partial charge in [-0.3, -0.25) is 4.79 Å². The fourth-order valence-electron chi connectivity index (χ4n) is 2.67. The number of aryl methyl sites for hydroxylation is 1. The van der Waals surface area contributed by atoms with Gasteiger partial charge in [-0.1, -0.05) is 36.0 Å². The summed E-state index contributed by atoms with van der Waals surface area (Å²) in [5, 5.41) is 15.1. The van der Waals surface area contributed by atoms with Gasteiger partial charge in [-0.15, -0.1) is 5.10 Å². The second kappa shape index (κ2) is 8.88. The molecule has 7 nitrogen and oxygen atoms in total. The molecule has 0 saturated carbocycles. The van der Waals surface area contributed by atoms with Gasteiger partial charge in [-0.05, 0) is 67.4 Å². The van der Waals surface area contributed by atoms with Crippen molar-refractivity contribution in [3.63, 3.8) is 0 Å². The van der Waals surface area contributed by atoms with Crippen LogP contribution in [0.25, 0.3) is 5.69 Å². The molecule has 0 fully saturated rings. The zero-order chi connectivity index (χ0) is 20.1. The van der Waals surface area contributed by atoms with Gasteiger partial charge in [-0.2, -0.15) is 4.68 Å². The number of para-hydroxylation sites is 2. The smallest absolute Gasteiger partial charge is 0.237 e. The zero-order valence-electron chi connectivity index (χ0n) is 16.3. The molecule has 0 aliphatic carbocycles. The first-order chi connectivity index (χ1) is 13.5. The molecule has 146 valence electrons. The Kier molecular flexibility index (Phi) is 6.30. The Morgan fingerprint density at radius 3 is 2.79 bits per heavy atom. The van der Waals surface area contributed by atoms with E-state index < -0.39 is 5.25 Å². The van der Waals surface area contributed by atoms with Crippen LogP contribution in [0.4, 0.5) is 5.69 Å². The molecule has 1 unspecified atom stereocenters. The summed E-state index contributed by atoms with van der Waals surface area (Å²) in [6.07, 6.45) is 0. The van der Waals surface area contributed by atoms with Crippen LogP contribution in [0.3, 0.4) is 0 Å². The minimum Gasteiger partial charge on any atom is -0.492 e. The van der Waals surface area contributed by atoms with E-state index in [-0.39, 0.29) is 5.91 Å². The summed E-state index contributed by atoms with van der Waals surface area (Å²) in [5.41, 5.74) is 3.80. The van der Waals surface area contributed by atoms with E-state index in [1.54, 1.807) is 4.68 Å². The number of benzene rings is 2. The Morgan fingerprint density at radius 1 is 1.21 bits per heavy atom. The molecule has 1 aromatic heterocycles. The van der Waals surface area contributed by atoms with Gasteiger partial charge in [0, 0.05) is 0 Å². The molecule has 1 amide bonds. The lowest BCUT2D eigenvalue weighted by molar-refractivity contribution is -0.115. The maximum absolute atomic E-state index is 12.7. The number of hydrogen-bond acceptors (Lipinski definition) is 6. The Labute approximate surface area is 168 Å². The molecule has 1 N–H and O–H groups in total. The summed E-state index contributed by atoms with van der Waals surface area (Å²) in [7, 11) is 0. The topological polar surface area (TPSA) is 81.9 Å². The van der Waals surface area contributed by atoms with Gasteiger partial charge in [0.15, 0.2) is 0 Å². The minimum atomic E-state index is -0.399. The summed E-state index contributed by atoms with van der Waals surface area (Å²) in [5.74, 6) is 0.503. The van der Waals surface area contributed by atoms with Gasteiger partial charge < -0.3 is 10.1 Å². The van der Waals surface area contributed by atoms with E-state index in [9.17, 15) is 4.79 Å². The summed E-state index contributed by atoms with van der Waals surface area (Å²) in [6.45, 7) is 8.33. The highest BCUT2D eigenvalue weighted by molar-refractivity contribution is 8.00. The van der Waals surface area contributed by atoms with Crippen molar-refractivity contribution >= 4 is 23.4 Å². The van der Waals surface area contributed by atoms with E-state index in [0.717, 1.165) is 16.8 Å². The van der Waals surface area contributed by atoms with E-state index >= 15 is 0 Å². The van der Waals surface area contributed by atoms with Gasteiger partial charge in [0.25, 0.3) is 0 Å². The van der Waals surface area contributed by atoms with E-state index in [2.05, 4.69) is 20.8 Å². The maximum Gasteiger partial charge on any atom is 0.237 e. The number of tetrazole rings is 1. The number of aromatic nitrogens is 4. The van der Waals surface area contributed by atoms with E-state index in [1.807, 2.05) is 70.2 Å². The fourth-order valence-corrected chi connectivity index (χ4v) is 3.47. The average Bonchev–Trinajstić information content (AvgIpc) is 3.13. The van der Waals surface area contributed by atoms with E-state index in [1.165, 1.54) is 11.8 Å². The number of rotatable bonds is 7. The molecular formula is C20H23N5O2S. The van der Waals surface area contributed by atoms with E-state index in [0.29, 0.717) is 23.2 Å². The highest BCUT2D eigenvalue weighted by Gasteiger charge is 2.21. The lowest BCUT2D eigenvalue weighted by Crippen LogP contribution is -2.23. The quantitative estimate of drug-likeness (QED) is 0.611. The van der Waals surface area contributed by atoms with Gasteiger partial charge in [0.05, 0.1) is 23.2 Å². The summed E-state index contributed by atoms with van der Waals surface area (Å²) < 4.78 is 7.24. The number of thioether (sulfide) groups is 1. The molecule has 1 heterocycles. The molecular weight excluding hydrogens is 374 g/mol. The van der Waals surface area contributed by atoms with Crippen LogP contribution >= 0.6 is 11.8 Å². The van der Waals surface area contributed by atoms with Crippen LogP contribution in [0, 0.1) is 13.8 Å². The fraction of sp³-hybridized carbons (Fsp3) is 0.300. The maximum atomic E-state index is 12.7. The van der Waals surface area contributed by atoms with Crippen molar-refractivity contribution in [2.75, 3.05) is 11.9 Å². The Morgan fingerprint density at radius 2 is 2.00 bits per heavy atom. The van der Waals surface area contributed by atoms with Crippen molar-refractivity contribution < 1.29 is 9.53 Å². The van der Waals surface area contributed by atoms with Gasteiger partial charge in [-0.25, -0.2) is 0 Å². The number of carbonyl (C=O) groups is 1. The van der Waals surface area contributed by atoms with Crippen molar-refractivity contribution in [1.29, 1.82) is 0 Å². The van der Waals surface area contributed by atoms with Crippen LogP contribution in [-0.4, -0.2) is 38.0 Å². The zero-order valence-corrected chi connectivity index (χ0v) is 17.2. The van der Waals surface area contributed by atoms with Gasteiger partial charge >= 0.3 is 0 Å². The lowest BCUT2D eigenvalue weighted by Gasteiger charge is -2.15. The molecule has 2 aromatic carbocycles. The third-order valence-electron chi connectivity index (χ3n) is 4.34. The first kappa shape index (κ1) is 19.9. The van der Waals surface area contributed by atoms with Gasteiger partial charge in [0.2, 0.25) is 11.1 Å². The monoisotopic (exact) mass is 397 g/mol. The highest BCUT2D eigenvalue weighted by atomic mass is 32.2. The Balaban J connectivity index is 1.76. The largest absolute Gasteiger partial charge is 0.492 e. The van der Waals surface area contributed by atoms with E-state index in [4.69, 9.17) is 4.74 Å². The van der Waals surface area contributed by atoms with Crippen LogP contribution in [-0.2, 0) is 4.79 Å². The van der Waals surface area contributed by atoms with Crippen LogP contribution in [0.15, 0.2) is 47.6 Å². The SMILES string of the molecule is CCOc1ccccc1NC(=O)C(C)Sc1nnnn1-c1cccc(C)c1C. The van der Waals surface area contributed by atoms with Crippen molar-refractivity contribution in [3.8, 4) is 11.4 Å². The molecule has 1 atom stereocenters. The number of carbonyl (C=O) groups excluding carboxylic acids is 1. The number of ether oxygens (including phenoxy) is 1. The molecule has 3 aromatic rings. The van der Waals surface area contributed by atoms with Crippen molar-refractivity contribution in [2.45, 2.75) is 38.1 Å². The van der Waals surface area contributed by atoms with Crippen LogP contribution < -0.4 is 10.1 Å². The molecule has 28 heavy (non-hydrogen) atoms. The average molecular weight is 398 g/mol. The first-order valence-corrected chi connectivity index (χ1v) is 9.93. The standard InChI is InChI=1S/C20H23N5O2S/c1-5-27-18-12-7-6-10-16(18)21-19(26)15(4)28-20-22-23-24-25(20)17-11-8-9-13(2)14(17)3/h6-12,15H,5H2,1-4H3,(H,21,26). The normalized spacial score (nSPS) is 11.9. The molecule has 3 rings (SSSR count). The Hall–Kier alpha value is -2.87. The molecule has 0 saturated heterocycles. The predicted octanol–water partition coefficient (Wildman–Crippen LogP) is 3.80. The van der Waals surface area contributed by atoms with Gasteiger partial charge in [0.1, 0.15) is 5.75 Å². The third-order valence-corrected chi connectivity index (χ3v) is 5.37. The number of anilines is 1. The molecule has 0 spiro atoms.